The normalized spacial score (nSPS) is 19.8. The minimum atomic E-state index is -6.59. The summed E-state index contributed by atoms with van der Waals surface area (Å²) in [6.45, 7) is 0. The first kappa shape index (κ1) is 27.3. The van der Waals surface area contributed by atoms with Gasteiger partial charge in [-0.2, -0.15) is 30.7 Å². The Morgan fingerprint density at radius 1 is 1.21 bits per heavy atom. The van der Waals surface area contributed by atoms with E-state index in [4.69, 9.17) is 0 Å². The van der Waals surface area contributed by atoms with Gasteiger partial charge in [0.1, 0.15) is 10.6 Å². The van der Waals surface area contributed by atoms with Gasteiger partial charge in [-0.15, -0.1) is 0 Å². The molecule has 1 aromatic carbocycles. The number of sulfone groups is 1. The molecule has 1 fully saturated rings. The molecule has 1 saturated heterocycles. The van der Waals surface area contributed by atoms with Gasteiger partial charge >= 0.3 is 17.4 Å². The molecule has 18 heteroatoms. The van der Waals surface area contributed by atoms with Gasteiger partial charge in [-0.3, -0.25) is 19.1 Å². The van der Waals surface area contributed by atoms with Crippen LogP contribution in [0.15, 0.2) is 28.0 Å². The molecule has 1 aromatic rings. The maximum absolute atomic E-state index is 13.6. The molecule has 2 atom stereocenters. The Labute approximate surface area is 187 Å². The molecule has 2 unspecified atom stereocenters. The van der Waals surface area contributed by atoms with E-state index in [0.29, 0.717) is 12.1 Å². The van der Waals surface area contributed by atoms with Crippen LogP contribution >= 0.6 is 11.8 Å². The lowest BCUT2D eigenvalue weighted by molar-refractivity contribution is -0.388. The van der Waals surface area contributed by atoms with Gasteiger partial charge < -0.3 is 5.32 Å². The number of nitro benzene ring substituents is 1. The number of carbonyl (C=O) groups is 1. The first-order valence-electron chi connectivity index (χ1n) is 8.54. The average Bonchev–Trinajstić information content (AvgIpc) is 2.98. The predicted octanol–water partition coefficient (Wildman–Crippen LogP) is 2.89. The molecule has 33 heavy (non-hydrogen) atoms. The second-order valence-electron chi connectivity index (χ2n) is 6.73. The fourth-order valence-corrected chi connectivity index (χ4v) is 6.23. The van der Waals surface area contributed by atoms with Crippen LogP contribution in [0.25, 0.3) is 0 Å². The highest BCUT2D eigenvalue weighted by molar-refractivity contribution is 8.00. The molecular weight excluding hydrogens is 533 g/mol. The minimum absolute atomic E-state index is 0.101. The maximum Gasteiger partial charge on any atom is 0.460 e. The van der Waals surface area contributed by atoms with Crippen molar-refractivity contribution in [2.24, 2.45) is 0 Å². The number of rotatable bonds is 8. The smallest absolute Gasteiger partial charge is 0.352 e. The monoisotopic (exact) mass is 546 g/mol. The average molecular weight is 546 g/mol. The quantitative estimate of drug-likeness (QED) is 0.230. The van der Waals surface area contributed by atoms with Gasteiger partial charge in [0.25, 0.3) is 5.69 Å². The number of carbonyl (C=O) groups excluding carboxylic acids is 1. The number of hydrogen-bond acceptors (Lipinski definition) is 7. The van der Waals surface area contributed by atoms with Gasteiger partial charge in [-0.25, -0.2) is 8.42 Å². The standard InChI is InChI=1S/C15H13F7N2O6S3/c16-13(17,14(18,19)20)15(21,22)31-9-1-2-11(10(5-9)24(26)27)32(28)6-12(25)23-8-3-4-33(29,30)7-8/h1-2,5,8H,3-4,6-7H2,(H,23,25). The van der Waals surface area contributed by atoms with Crippen molar-refractivity contribution in [2.75, 3.05) is 17.3 Å². The number of nitrogens with zero attached hydrogens (tertiary/aromatic N) is 1. The minimum Gasteiger partial charge on any atom is -0.352 e. The van der Waals surface area contributed by atoms with Crippen LogP contribution in [0.3, 0.4) is 0 Å². The van der Waals surface area contributed by atoms with Crippen molar-refractivity contribution >= 4 is 44.0 Å². The molecule has 1 N–H and O–H groups in total. The van der Waals surface area contributed by atoms with E-state index in [-0.39, 0.29) is 24.0 Å². The lowest BCUT2D eigenvalue weighted by Gasteiger charge is -2.27. The Bertz CT molecular complexity index is 1080. The van der Waals surface area contributed by atoms with E-state index in [1.165, 1.54) is 0 Å². The topological polar surface area (TPSA) is 123 Å². The molecule has 0 radical (unpaired) electrons. The zero-order valence-electron chi connectivity index (χ0n) is 15.9. The number of thioether (sulfide) groups is 1. The molecule has 0 bridgehead atoms. The van der Waals surface area contributed by atoms with Crippen LogP contribution in [0.4, 0.5) is 36.4 Å². The van der Waals surface area contributed by atoms with E-state index < -0.39 is 87.9 Å². The zero-order chi connectivity index (χ0) is 25.4. The number of benzene rings is 1. The van der Waals surface area contributed by atoms with Crippen molar-refractivity contribution in [3.8, 4) is 0 Å². The second-order valence-corrected chi connectivity index (χ2v) is 11.6. The fraction of sp³-hybridized carbons (Fsp3) is 0.533. The Kier molecular flexibility index (Phi) is 7.74. The van der Waals surface area contributed by atoms with Crippen LogP contribution in [-0.4, -0.2) is 64.1 Å². The summed E-state index contributed by atoms with van der Waals surface area (Å²) in [4.78, 5) is 20.2. The first-order valence-corrected chi connectivity index (χ1v) is 12.5. The van der Waals surface area contributed by atoms with Crippen LogP contribution in [0.1, 0.15) is 6.42 Å². The van der Waals surface area contributed by atoms with Crippen LogP contribution in [-0.2, 0) is 25.4 Å². The van der Waals surface area contributed by atoms with Gasteiger partial charge in [0.15, 0.2) is 9.84 Å². The van der Waals surface area contributed by atoms with Crippen molar-refractivity contribution in [3.05, 3.63) is 28.3 Å². The number of nitro groups is 1. The zero-order valence-corrected chi connectivity index (χ0v) is 18.4. The lowest BCUT2D eigenvalue weighted by atomic mass is 10.3. The number of alkyl halides is 7. The third kappa shape index (κ3) is 6.34. The van der Waals surface area contributed by atoms with Crippen LogP contribution in [0, 0.1) is 10.1 Å². The summed E-state index contributed by atoms with van der Waals surface area (Å²) in [5.41, 5.74) is -1.15. The highest BCUT2D eigenvalue weighted by Gasteiger charge is 2.73. The molecule has 8 nitrogen and oxygen atoms in total. The lowest BCUT2D eigenvalue weighted by Crippen LogP contribution is -2.49. The van der Waals surface area contributed by atoms with Gasteiger partial charge in [0, 0.05) is 17.0 Å². The molecule has 0 aliphatic carbocycles. The van der Waals surface area contributed by atoms with Crippen molar-refractivity contribution < 1.29 is 53.1 Å². The van der Waals surface area contributed by atoms with Crippen molar-refractivity contribution in [1.82, 2.24) is 5.32 Å². The summed E-state index contributed by atoms with van der Waals surface area (Å²) in [7, 11) is -5.80. The van der Waals surface area contributed by atoms with Gasteiger partial charge in [0.2, 0.25) is 5.91 Å². The van der Waals surface area contributed by atoms with Crippen molar-refractivity contribution in [2.45, 2.75) is 39.6 Å². The van der Waals surface area contributed by atoms with E-state index in [1.807, 2.05) is 0 Å². The molecule has 0 spiro atoms. The van der Waals surface area contributed by atoms with Gasteiger partial charge in [0.05, 0.1) is 27.2 Å². The molecule has 2 rings (SSSR count). The number of nitrogens with one attached hydrogen (secondary N) is 1. The Hall–Kier alpha value is -1.95. The number of halogens is 7. The Morgan fingerprint density at radius 2 is 1.82 bits per heavy atom. The SMILES string of the molecule is O=C(CS(=O)c1ccc(SC(F)(F)C(F)(F)C(F)(F)F)cc1[N+](=O)[O-])NC1CCS(=O)(=O)C1. The Balaban J connectivity index is 2.20. The third-order valence-electron chi connectivity index (χ3n) is 4.20. The van der Waals surface area contributed by atoms with E-state index in [0.717, 1.165) is 0 Å². The molecular formula is C15H13F7N2O6S3. The molecule has 0 saturated carbocycles. The van der Waals surface area contributed by atoms with Crippen LogP contribution in [0.2, 0.25) is 0 Å². The fourth-order valence-electron chi connectivity index (χ4n) is 2.65. The molecule has 1 heterocycles. The van der Waals surface area contributed by atoms with Crippen LogP contribution in [0.5, 0.6) is 0 Å². The molecule has 186 valence electrons. The Morgan fingerprint density at radius 3 is 2.30 bits per heavy atom. The largest absolute Gasteiger partial charge is 0.460 e. The first-order chi connectivity index (χ1) is 14.9. The van der Waals surface area contributed by atoms with Gasteiger partial charge in [-0.05, 0) is 30.3 Å². The molecule has 1 aliphatic rings. The summed E-state index contributed by atoms with van der Waals surface area (Å²) in [6, 6.07) is 0.587. The second kappa shape index (κ2) is 9.36. The molecule has 1 amide bonds. The molecule has 0 aromatic heterocycles. The molecule has 1 aliphatic heterocycles. The highest BCUT2D eigenvalue weighted by Crippen LogP contribution is 2.54. The van der Waals surface area contributed by atoms with Gasteiger partial charge in [-0.1, -0.05) is 0 Å². The highest BCUT2D eigenvalue weighted by atomic mass is 32.2. The van der Waals surface area contributed by atoms with Crippen molar-refractivity contribution in [3.63, 3.8) is 0 Å². The summed E-state index contributed by atoms with van der Waals surface area (Å²) in [6.07, 6.45) is -6.49. The van der Waals surface area contributed by atoms with Crippen molar-refractivity contribution in [1.29, 1.82) is 0 Å². The van der Waals surface area contributed by atoms with E-state index >= 15 is 0 Å². The maximum atomic E-state index is 13.6. The van der Waals surface area contributed by atoms with E-state index in [2.05, 4.69) is 5.32 Å². The van der Waals surface area contributed by atoms with E-state index in [9.17, 15) is 58.3 Å². The summed E-state index contributed by atoms with van der Waals surface area (Å²) in [5, 5.41) is 7.78. The van der Waals surface area contributed by atoms with E-state index in [1.54, 1.807) is 0 Å². The third-order valence-corrected chi connectivity index (χ3v) is 8.33. The number of amides is 1. The van der Waals surface area contributed by atoms with Crippen LogP contribution < -0.4 is 5.32 Å². The summed E-state index contributed by atoms with van der Waals surface area (Å²) in [5.74, 6) is -8.80. The summed E-state index contributed by atoms with van der Waals surface area (Å²) >= 11 is -1.28. The predicted molar refractivity (Wildman–Crippen MR) is 101 cm³/mol. The number of hydrogen-bond donors (Lipinski definition) is 1. The summed E-state index contributed by atoms with van der Waals surface area (Å²) < 4.78 is 125.